The van der Waals surface area contributed by atoms with Crippen molar-refractivity contribution in [2.45, 2.75) is 38.5 Å². The van der Waals surface area contributed by atoms with E-state index in [1.807, 2.05) is 60.7 Å². The van der Waals surface area contributed by atoms with Crippen LogP contribution >= 0.6 is 23.4 Å². The summed E-state index contributed by atoms with van der Waals surface area (Å²) >= 11 is 7.10. The third kappa shape index (κ3) is 10.4. The maximum Gasteiger partial charge on any atom is 0.311 e. The largest absolute Gasteiger partial charge is 0.481 e. The quantitative estimate of drug-likeness (QED) is 0.160. The van der Waals surface area contributed by atoms with Crippen molar-refractivity contribution in [2.24, 2.45) is 0 Å². The van der Waals surface area contributed by atoms with Gasteiger partial charge in [-0.3, -0.25) is 24.5 Å². The fraction of sp³-hybridized carbons (Fsp3) is 0.200. The molecule has 0 spiro atoms. The normalized spacial score (nSPS) is 13.4. The van der Waals surface area contributed by atoms with Crippen LogP contribution in [0, 0.1) is 0 Å². The molecular formula is C30H28ClNO6S. The number of imide groups is 1. The number of aliphatic carboxylic acids is 1. The Labute approximate surface area is 236 Å². The molecule has 0 unspecified atom stereocenters. The number of carbonyl (C=O) groups excluding carboxylic acids is 3. The van der Waals surface area contributed by atoms with Gasteiger partial charge in [0.15, 0.2) is 0 Å². The molecule has 1 fully saturated rings. The van der Waals surface area contributed by atoms with E-state index in [1.54, 1.807) is 18.2 Å². The standard InChI is InChI=1S/C20H16ClNO4S.C10H12O2/c21-18-14(12-16-19(24)22-20(25)27-16)9-5-10-15(18)26-17(23)11-4-8-13-6-2-1-3-7-13;11-10(12)8-4-7-9-5-2-1-3-6-9/h1-3,5-7,9-10,12H,4,8,11H2,(H,22,24,25);1-3,5-6H,4,7-8H2,(H,11,12)/b16-12-;. The number of carboxylic acid groups (broad SMARTS) is 1. The van der Waals surface area contributed by atoms with Crippen molar-refractivity contribution in [3.63, 3.8) is 0 Å². The highest BCUT2D eigenvalue weighted by atomic mass is 35.5. The summed E-state index contributed by atoms with van der Waals surface area (Å²) in [4.78, 5) is 45.4. The van der Waals surface area contributed by atoms with Gasteiger partial charge < -0.3 is 9.84 Å². The van der Waals surface area contributed by atoms with E-state index in [0.717, 1.165) is 31.0 Å². The first-order valence-corrected chi connectivity index (χ1v) is 13.5. The minimum atomic E-state index is -0.717. The summed E-state index contributed by atoms with van der Waals surface area (Å²) in [5.74, 6) is -1.33. The first kappa shape index (κ1) is 29.7. The number of ether oxygens (including phenoxy) is 1. The van der Waals surface area contributed by atoms with Gasteiger partial charge in [-0.25, -0.2) is 0 Å². The summed E-state index contributed by atoms with van der Waals surface area (Å²) in [5.41, 5.74) is 2.87. The zero-order chi connectivity index (χ0) is 28.0. The number of halogens is 1. The van der Waals surface area contributed by atoms with Gasteiger partial charge in [0.2, 0.25) is 0 Å². The first-order valence-electron chi connectivity index (χ1n) is 12.4. The summed E-state index contributed by atoms with van der Waals surface area (Å²) in [5, 5.41) is 10.4. The molecule has 0 atom stereocenters. The summed E-state index contributed by atoms with van der Waals surface area (Å²) in [6.45, 7) is 0. The van der Waals surface area contributed by atoms with Crippen LogP contribution in [-0.2, 0) is 27.2 Å². The minimum absolute atomic E-state index is 0.217. The predicted molar refractivity (Wildman–Crippen MR) is 153 cm³/mol. The molecule has 202 valence electrons. The van der Waals surface area contributed by atoms with Crippen LogP contribution < -0.4 is 10.1 Å². The molecule has 7 nitrogen and oxygen atoms in total. The minimum Gasteiger partial charge on any atom is -0.481 e. The third-order valence-corrected chi connectivity index (χ3v) is 6.75. The molecule has 2 amide bonds. The van der Waals surface area contributed by atoms with E-state index in [2.05, 4.69) is 5.32 Å². The van der Waals surface area contributed by atoms with Crippen LogP contribution in [0.3, 0.4) is 0 Å². The highest BCUT2D eigenvalue weighted by Gasteiger charge is 2.25. The topological polar surface area (TPSA) is 110 Å². The molecule has 0 aliphatic carbocycles. The Morgan fingerprint density at radius 1 is 0.846 bits per heavy atom. The van der Waals surface area contributed by atoms with Crippen molar-refractivity contribution < 1.29 is 29.0 Å². The van der Waals surface area contributed by atoms with Crippen molar-refractivity contribution in [1.82, 2.24) is 5.32 Å². The molecule has 2 N–H and O–H groups in total. The Morgan fingerprint density at radius 2 is 1.44 bits per heavy atom. The van der Waals surface area contributed by atoms with Crippen LogP contribution in [0.2, 0.25) is 5.02 Å². The monoisotopic (exact) mass is 565 g/mol. The van der Waals surface area contributed by atoms with Crippen molar-refractivity contribution in [2.75, 3.05) is 0 Å². The van der Waals surface area contributed by atoms with Gasteiger partial charge in [0.1, 0.15) is 5.75 Å². The van der Waals surface area contributed by atoms with Gasteiger partial charge in [0.05, 0.1) is 9.93 Å². The average molecular weight is 566 g/mol. The number of hydrogen-bond acceptors (Lipinski definition) is 6. The van der Waals surface area contributed by atoms with Gasteiger partial charge in [0, 0.05) is 12.8 Å². The Bertz CT molecular complexity index is 1330. The van der Waals surface area contributed by atoms with Gasteiger partial charge in [0.25, 0.3) is 11.1 Å². The molecule has 39 heavy (non-hydrogen) atoms. The van der Waals surface area contributed by atoms with Crippen molar-refractivity contribution in [3.05, 3.63) is 105 Å². The Kier molecular flexibility index (Phi) is 11.8. The highest BCUT2D eigenvalue weighted by Crippen LogP contribution is 2.33. The number of rotatable bonds is 10. The first-order chi connectivity index (χ1) is 18.8. The molecule has 3 aromatic rings. The number of aryl methyl sites for hydroxylation is 2. The lowest BCUT2D eigenvalue weighted by Crippen LogP contribution is -2.17. The van der Waals surface area contributed by atoms with Crippen molar-refractivity contribution >= 4 is 52.5 Å². The summed E-state index contributed by atoms with van der Waals surface area (Å²) < 4.78 is 5.36. The van der Waals surface area contributed by atoms with E-state index in [9.17, 15) is 19.2 Å². The fourth-order valence-electron chi connectivity index (χ4n) is 3.62. The molecule has 4 rings (SSSR count). The molecule has 9 heteroatoms. The number of carbonyl (C=O) groups is 4. The molecule has 1 saturated heterocycles. The number of carboxylic acids is 1. The molecular weight excluding hydrogens is 538 g/mol. The zero-order valence-corrected chi connectivity index (χ0v) is 22.7. The van der Waals surface area contributed by atoms with Crippen LogP contribution in [-0.4, -0.2) is 28.2 Å². The second-order valence-corrected chi connectivity index (χ2v) is 9.95. The van der Waals surface area contributed by atoms with E-state index >= 15 is 0 Å². The van der Waals surface area contributed by atoms with Crippen molar-refractivity contribution in [3.8, 4) is 5.75 Å². The number of esters is 1. The predicted octanol–water partition coefficient (Wildman–Crippen LogP) is 6.69. The van der Waals surface area contributed by atoms with Crippen molar-refractivity contribution in [1.29, 1.82) is 0 Å². The SMILES string of the molecule is O=C(CCCc1ccccc1)Oc1cccc(/C=C2\SC(=O)NC2=O)c1Cl.O=C(O)CCCc1ccccc1. The Hall–Kier alpha value is -3.88. The molecule has 0 saturated carbocycles. The maximum absolute atomic E-state index is 12.1. The van der Waals surface area contributed by atoms with Crippen LogP contribution in [0.5, 0.6) is 5.75 Å². The molecule has 0 bridgehead atoms. The lowest BCUT2D eigenvalue weighted by molar-refractivity contribution is -0.137. The van der Waals surface area contributed by atoms with Crippen LogP contribution in [0.15, 0.2) is 83.8 Å². The van der Waals surface area contributed by atoms with E-state index in [1.165, 1.54) is 17.2 Å². The molecule has 3 aromatic carbocycles. The highest BCUT2D eigenvalue weighted by molar-refractivity contribution is 8.18. The van der Waals surface area contributed by atoms with Gasteiger partial charge in [-0.15, -0.1) is 0 Å². The van der Waals surface area contributed by atoms with Crippen LogP contribution in [0.25, 0.3) is 6.08 Å². The van der Waals surface area contributed by atoms with Gasteiger partial charge >= 0.3 is 11.9 Å². The average Bonchev–Trinajstić information content (AvgIpc) is 3.24. The summed E-state index contributed by atoms with van der Waals surface area (Å²) in [6.07, 6.45) is 5.06. The molecule has 0 aromatic heterocycles. The lowest BCUT2D eigenvalue weighted by Gasteiger charge is -2.08. The zero-order valence-electron chi connectivity index (χ0n) is 21.1. The second-order valence-electron chi connectivity index (χ2n) is 8.56. The van der Waals surface area contributed by atoms with E-state index in [4.69, 9.17) is 21.4 Å². The van der Waals surface area contributed by atoms with Crippen LogP contribution in [0.1, 0.15) is 42.4 Å². The van der Waals surface area contributed by atoms with Gasteiger partial charge in [-0.2, -0.15) is 0 Å². The Morgan fingerprint density at radius 3 is 1.97 bits per heavy atom. The van der Waals surface area contributed by atoms with Crippen LogP contribution in [0.4, 0.5) is 4.79 Å². The van der Waals surface area contributed by atoms with E-state index in [0.29, 0.717) is 12.0 Å². The molecule has 0 radical (unpaired) electrons. The van der Waals surface area contributed by atoms with Gasteiger partial charge in [-0.1, -0.05) is 84.4 Å². The molecule has 1 aliphatic rings. The van der Waals surface area contributed by atoms with Gasteiger partial charge in [-0.05, 0) is 66.3 Å². The second kappa shape index (κ2) is 15.5. The fourth-order valence-corrected chi connectivity index (χ4v) is 4.52. The third-order valence-electron chi connectivity index (χ3n) is 5.53. The number of benzene rings is 3. The Balaban J connectivity index is 0.000000293. The maximum atomic E-state index is 12.1. The van der Waals surface area contributed by atoms with E-state index < -0.39 is 17.1 Å². The summed E-state index contributed by atoms with van der Waals surface area (Å²) in [6, 6.07) is 24.8. The molecule has 1 aliphatic heterocycles. The molecule has 1 heterocycles. The number of nitrogens with one attached hydrogen (secondary N) is 1. The summed E-state index contributed by atoms with van der Waals surface area (Å²) in [7, 11) is 0. The number of hydrogen-bond donors (Lipinski definition) is 2. The lowest BCUT2D eigenvalue weighted by atomic mass is 10.1. The number of amides is 2. The number of thioether (sulfide) groups is 1. The smallest absolute Gasteiger partial charge is 0.311 e. The van der Waals surface area contributed by atoms with E-state index in [-0.39, 0.29) is 34.5 Å².